The van der Waals surface area contributed by atoms with Crippen molar-refractivity contribution in [2.75, 3.05) is 6.61 Å². The van der Waals surface area contributed by atoms with Gasteiger partial charge < -0.3 is 9.30 Å². The van der Waals surface area contributed by atoms with Crippen molar-refractivity contribution in [2.24, 2.45) is 17.2 Å². The molecule has 0 fully saturated rings. The molecule has 0 unspecified atom stereocenters. The Kier molecular flexibility index (Phi) is 4.64. The maximum absolute atomic E-state index is 10.7. The van der Waals surface area contributed by atoms with Crippen molar-refractivity contribution in [3.63, 3.8) is 0 Å². The summed E-state index contributed by atoms with van der Waals surface area (Å²) in [6, 6.07) is 6.34. The summed E-state index contributed by atoms with van der Waals surface area (Å²) < 4.78 is 7.48. The number of hydrogen-bond donors (Lipinski definition) is 0. The highest BCUT2D eigenvalue weighted by atomic mass is 16.6. The highest BCUT2D eigenvalue weighted by Crippen LogP contribution is 2.23. The van der Waals surface area contributed by atoms with E-state index in [1.807, 2.05) is 7.05 Å². The van der Waals surface area contributed by atoms with Crippen LogP contribution in [0.15, 0.2) is 40.7 Å². The van der Waals surface area contributed by atoms with Crippen LogP contribution in [0.2, 0.25) is 0 Å². The SMILES string of the molecule is BN=Nc1nc(OCCc2ccc([N+](=O)[O-])cc2)c2ncn(C)c2n1. The van der Waals surface area contributed by atoms with Gasteiger partial charge in [-0.05, 0) is 5.56 Å². The molecule has 3 aromatic rings. The summed E-state index contributed by atoms with van der Waals surface area (Å²) in [4.78, 5) is 23.0. The summed E-state index contributed by atoms with van der Waals surface area (Å²) in [7, 11) is 3.35. The van der Waals surface area contributed by atoms with Gasteiger partial charge in [-0.25, -0.2) is 4.98 Å². The number of hydrogen-bond acceptors (Lipinski definition) is 8. The summed E-state index contributed by atoms with van der Waals surface area (Å²) >= 11 is 0. The molecular weight excluding hydrogens is 325 g/mol. The van der Waals surface area contributed by atoms with Crippen molar-refractivity contribution in [2.45, 2.75) is 6.42 Å². The molecule has 0 bridgehead atoms. The summed E-state index contributed by atoms with van der Waals surface area (Å²) in [6.45, 7) is 0.337. The fraction of sp³-hybridized carbons (Fsp3) is 0.214. The molecule has 25 heavy (non-hydrogen) atoms. The zero-order valence-electron chi connectivity index (χ0n) is 13.7. The molecule has 11 heteroatoms. The Bertz CT molecular complexity index is 939. The van der Waals surface area contributed by atoms with Gasteiger partial charge in [0.15, 0.2) is 11.2 Å². The molecule has 0 N–H and O–H groups in total. The van der Waals surface area contributed by atoms with Gasteiger partial charge in [-0.1, -0.05) is 12.1 Å². The van der Waals surface area contributed by atoms with Gasteiger partial charge in [0.25, 0.3) is 19.6 Å². The highest BCUT2D eigenvalue weighted by Gasteiger charge is 2.13. The van der Waals surface area contributed by atoms with Crippen molar-refractivity contribution < 1.29 is 9.66 Å². The molecule has 10 nitrogen and oxygen atoms in total. The minimum atomic E-state index is -0.428. The van der Waals surface area contributed by atoms with Crippen molar-refractivity contribution in [3.8, 4) is 5.88 Å². The predicted molar refractivity (Wildman–Crippen MR) is 91.7 cm³/mol. The van der Waals surface area contributed by atoms with Crippen LogP contribution in [0.4, 0.5) is 11.6 Å². The van der Waals surface area contributed by atoms with Gasteiger partial charge in [-0.3, -0.25) is 15.1 Å². The third-order valence-corrected chi connectivity index (χ3v) is 3.48. The van der Waals surface area contributed by atoms with E-state index in [9.17, 15) is 10.1 Å². The second-order valence-electron chi connectivity index (χ2n) is 5.18. The number of aryl methyl sites for hydroxylation is 1. The van der Waals surface area contributed by atoms with Crippen LogP contribution >= 0.6 is 0 Å². The van der Waals surface area contributed by atoms with Crippen molar-refractivity contribution >= 4 is 30.8 Å². The normalized spacial score (nSPS) is 11.2. The summed E-state index contributed by atoms with van der Waals surface area (Å²) in [5.41, 5.74) is 2.12. The third-order valence-electron chi connectivity index (χ3n) is 3.48. The Labute approximate surface area is 143 Å². The lowest BCUT2D eigenvalue weighted by Gasteiger charge is -2.06. The van der Waals surface area contributed by atoms with Crippen LogP contribution in [0.5, 0.6) is 5.88 Å². The lowest BCUT2D eigenvalue weighted by Crippen LogP contribution is -2.04. The second-order valence-corrected chi connectivity index (χ2v) is 5.18. The van der Waals surface area contributed by atoms with E-state index >= 15 is 0 Å². The zero-order valence-corrected chi connectivity index (χ0v) is 13.7. The number of nitro groups is 1. The fourth-order valence-electron chi connectivity index (χ4n) is 2.25. The molecule has 0 saturated carbocycles. The first-order chi connectivity index (χ1) is 12.1. The standard InChI is InChI=1S/C14H14BN7O3/c1-21-8-16-11-12(21)17-14(19-20-15)18-13(11)25-7-6-9-2-4-10(5-3-9)22(23)24/h2-5,8H,6-7,15H2,1H3. The van der Waals surface area contributed by atoms with E-state index in [4.69, 9.17) is 4.74 Å². The molecule has 0 amide bonds. The number of rotatable bonds is 6. The summed E-state index contributed by atoms with van der Waals surface area (Å²) in [5.74, 6) is 0.527. The number of imidazole rings is 1. The number of fused-ring (bicyclic) bond motifs is 1. The molecule has 2 heterocycles. The lowest BCUT2D eigenvalue weighted by atomic mass is 10.1. The molecule has 0 aliphatic heterocycles. The van der Waals surface area contributed by atoms with E-state index in [0.717, 1.165) is 5.56 Å². The number of nitrogens with zero attached hydrogens (tertiary/aromatic N) is 7. The van der Waals surface area contributed by atoms with Crippen molar-refractivity contribution in [1.82, 2.24) is 19.5 Å². The number of non-ortho nitro benzene ring substituents is 1. The number of benzene rings is 1. The molecule has 0 atom stereocenters. The Morgan fingerprint density at radius 2 is 2.08 bits per heavy atom. The first-order valence-corrected chi connectivity index (χ1v) is 7.43. The van der Waals surface area contributed by atoms with Crippen LogP contribution in [0.25, 0.3) is 11.2 Å². The van der Waals surface area contributed by atoms with Crippen LogP contribution in [0.3, 0.4) is 0 Å². The maximum atomic E-state index is 10.7. The first kappa shape index (κ1) is 16.5. The van der Waals surface area contributed by atoms with Gasteiger partial charge in [-0.15, -0.1) is 5.11 Å². The zero-order chi connectivity index (χ0) is 17.8. The van der Waals surface area contributed by atoms with Gasteiger partial charge in [0.2, 0.25) is 5.88 Å². The highest BCUT2D eigenvalue weighted by molar-refractivity contribution is 6.04. The Morgan fingerprint density at radius 3 is 2.76 bits per heavy atom. The average molecular weight is 339 g/mol. The molecule has 0 aliphatic carbocycles. The molecule has 126 valence electrons. The largest absolute Gasteiger partial charge is 0.476 e. The van der Waals surface area contributed by atoms with Crippen molar-refractivity contribution in [1.29, 1.82) is 0 Å². The number of nitro benzene ring substituents is 1. The molecule has 0 saturated heterocycles. The average Bonchev–Trinajstić information content (AvgIpc) is 2.97. The first-order valence-electron chi connectivity index (χ1n) is 7.43. The predicted octanol–water partition coefficient (Wildman–Crippen LogP) is 1.52. The molecule has 1 aromatic carbocycles. The van der Waals surface area contributed by atoms with E-state index in [1.165, 1.54) is 20.1 Å². The third kappa shape index (κ3) is 3.60. The van der Waals surface area contributed by atoms with Gasteiger partial charge in [0, 0.05) is 25.6 Å². The van der Waals surface area contributed by atoms with Crippen molar-refractivity contribution in [3.05, 3.63) is 46.3 Å². The van der Waals surface area contributed by atoms with Crippen LogP contribution < -0.4 is 4.74 Å². The topological polar surface area (TPSA) is 121 Å². The van der Waals surface area contributed by atoms with Crippen LogP contribution in [-0.2, 0) is 13.5 Å². The van der Waals surface area contributed by atoms with Crippen LogP contribution in [0, 0.1) is 10.1 Å². The fourth-order valence-corrected chi connectivity index (χ4v) is 2.25. The summed E-state index contributed by atoms with van der Waals surface area (Å²) in [6.07, 6.45) is 2.19. The van der Waals surface area contributed by atoms with E-state index in [-0.39, 0.29) is 11.6 Å². The number of aromatic nitrogens is 4. The monoisotopic (exact) mass is 339 g/mol. The molecule has 2 aromatic heterocycles. The quantitative estimate of drug-likeness (QED) is 0.290. The van der Waals surface area contributed by atoms with Gasteiger partial charge in [0.1, 0.15) is 0 Å². The van der Waals surface area contributed by atoms with E-state index in [1.54, 1.807) is 23.0 Å². The Balaban J connectivity index is 1.75. The van der Waals surface area contributed by atoms with Crippen LogP contribution in [-0.4, -0.2) is 39.0 Å². The molecule has 0 spiro atoms. The minimum absolute atomic E-state index is 0.0604. The Morgan fingerprint density at radius 1 is 1.32 bits per heavy atom. The van der Waals surface area contributed by atoms with E-state index < -0.39 is 4.92 Å². The lowest BCUT2D eigenvalue weighted by molar-refractivity contribution is -0.384. The molecular formula is C14H14BN7O3. The molecule has 0 aliphatic rings. The van der Waals surface area contributed by atoms with E-state index in [2.05, 4.69) is 25.1 Å². The summed E-state index contributed by atoms with van der Waals surface area (Å²) in [5, 5.41) is 18.2. The van der Waals surface area contributed by atoms with Gasteiger partial charge in [0.05, 0.1) is 17.9 Å². The van der Waals surface area contributed by atoms with E-state index in [0.29, 0.717) is 30.1 Å². The maximum Gasteiger partial charge on any atom is 0.274 e. The smallest absolute Gasteiger partial charge is 0.274 e. The molecule has 0 radical (unpaired) electrons. The van der Waals surface area contributed by atoms with Gasteiger partial charge in [-0.2, -0.15) is 9.97 Å². The van der Waals surface area contributed by atoms with Crippen LogP contribution in [0.1, 0.15) is 5.56 Å². The van der Waals surface area contributed by atoms with Gasteiger partial charge >= 0.3 is 0 Å². The molecule has 3 rings (SSSR count). The number of ether oxygens (including phenoxy) is 1. The minimum Gasteiger partial charge on any atom is -0.476 e. The second kappa shape index (κ2) is 7.03. The Hall–Kier alpha value is -3.37.